The predicted molar refractivity (Wildman–Crippen MR) is 78.9 cm³/mol. The monoisotopic (exact) mass is 279 g/mol. The molecule has 0 fully saturated rings. The minimum absolute atomic E-state index is 0.142. The molecule has 2 aromatic rings. The number of rotatable bonds is 6. The highest BCUT2D eigenvalue weighted by Gasteiger charge is 2.12. The quantitative estimate of drug-likeness (QED) is 0.826. The van der Waals surface area contributed by atoms with E-state index >= 15 is 0 Å². The molecule has 0 saturated carbocycles. The number of aryl methyl sites for hydroxylation is 1. The normalized spacial score (nSPS) is 12.6. The first-order valence-corrected chi connectivity index (χ1v) is 6.83. The number of anilines is 1. The number of halogens is 1. The van der Waals surface area contributed by atoms with Gasteiger partial charge in [-0.05, 0) is 13.3 Å². The third kappa shape index (κ3) is 3.33. The van der Waals surface area contributed by atoms with Gasteiger partial charge in [-0.3, -0.25) is 0 Å². The second-order valence-corrected chi connectivity index (χ2v) is 4.83. The largest absolute Gasteiger partial charge is 0.383 e. The summed E-state index contributed by atoms with van der Waals surface area (Å²) in [6, 6.07) is 8.25. The van der Waals surface area contributed by atoms with Gasteiger partial charge >= 0.3 is 0 Å². The summed E-state index contributed by atoms with van der Waals surface area (Å²) in [6.07, 6.45) is 0.819. The van der Waals surface area contributed by atoms with Gasteiger partial charge in [-0.1, -0.05) is 24.3 Å². The van der Waals surface area contributed by atoms with Crippen LogP contribution < -0.4 is 5.32 Å². The van der Waals surface area contributed by atoms with E-state index in [-0.39, 0.29) is 6.04 Å². The zero-order chi connectivity index (χ0) is 13.7. The molecule has 5 heteroatoms. The predicted octanol–water partition coefficient (Wildman–Crippen LogP) is 2.99. The van der Waals surface area contributed by atoms with Gasteiger partial charge in [0, 0.05) is 23.8 Å². The van der Waals surface area contributed by atoms with Crippen LogP contribution in [-0.2, 0) is 4.74 Å². The zero-order valence-corrected chi connectivity index (χ0v) is 11.9. The highest BCUT2D eigenvalue weighted by atomic mass is 35.5. The van der Waals surface area contributed by atoms with Crippen molar-refractivity contribution in [2.24, 2.45) is 0 Å². The van der Waals surface area contributed by atoms with Crippen molar-refractivity contribution in [1.29, 1.82) is 0 Å². The highest BCUT2D eigenvalue weighted by molar-refractivity contribution is 6.17. The number of benzene rings is 1. The van der Waals surface area contributed by atoms with E-state index in [2.05, 4.69) is 21.6 Å². The Kier molecular flexibility index (Phi) is 4.93. The van der Waals surface area contributed by atoms with Crippen LogP contribution >= 0.6 is 11.6 Å². The van der Waals surface area contributed by atoms with Crippen LogP contribution in [0, 0.1) is 6.92 Å². The lowest BCUT2D eigenvalue weighted by Crippen LogP contribution is -2.26. The fourth-order valence-electron chi connectivity index (χ4n) is 2.07. The highest BCUT2D eigenvalue weighted by Crippen LogP contribution is 2.23. The number of ether oxygens (including phenoxy) is 1. The third-order valence-electron chi connectivity index (χ3n) is 3.04. The van der Waals surface area contributed by atoms with Gasteiger partial charge in [-0.2, -0.15) is 5.10 Å². The Labute approximate surface area is 118 Å². The van der Waals surface area contributed by atoms with Crippen molar-refractivity contribution in [3.63, 3.8) is 0 Å². The smallest absolute Gasteiger partial charge is 0.156 e. The van der Waals surface area contributed by atoms with Gasteiger partial charge in [0.25, 0.3) is 0 Å². The molecule has 2 rings (SSSR count). The van der Waals surface area contributed by atoms with Crippen molar-refractivity contribution in [3.05, 3.63) is 30.0 Å². The minimum atomic E-state index is 0.142. The third-order valence-corrected chi connectivity index (χ3v) is 3.26. The Bertz CT molecular complexity index is 541. The number of hydrogen-bond donors (Lipinski definition) is 1. The van der Waals surface area contributed by atoms with Crippen molar-refractivity contribution in [2.45, 2.75) is 19.4 Å². The number of aromatic nitrogens is 2. The molecule has 0 amide bonds. The molecule has 1 unspecified atom stereocenters. The van der Waals surface area contributed by atoms with Crippen LogP contribution in [-0.4, -0.2) is 35.8 Å². The molecule has 0 radical (unpaired) electrons. The molecule has 4 nitrogen and oxygen atoms in total. The molecule has 0 aliphatic carbocycles. The van der Waals surface area contributed by atoms with Gasteiger partial charge in [-0.25, -0.2) is 0 Å². The lowest BCUT2D eigenvalue weighted by Gasteiger charge is -2.18. The van der Waals surface area contributed by atoms with Crippen molar-refractivity contribution in [3.8, 4) is 0 Å². The molecule has 0 spiro atoms. The fourth-order valence-corrected chi connectivity index (χ4v) is 2.33. The summed E-state index contributed by atoms with van der Waals surface area (Å²) in [4.78, 5) is 0. The summed E-state index contributed by atoms with van der Waals surface area (Å²) in [5.41, 5.74) is 0.932. The number of fused-ring (bicyclic) bond motifs is 1. The van der Waals surface area contributed by atoms with Gasteiger partial charge < -0.3 is 10.1 Å². The van der Waals surface area contributed by atoms with E-state index in [1.807, 2.05) is 25.1 Å². The van der Waals surface area contributed by atoms with E-state index < -0.39 is 0 Å². The summed E-state index contributed by atoms with van der Waals surface area (Å²) < 4.78 is 5.20. The molecule has 0 bridgehead atoms. The Morgan fingerprint density at radius 1 is 1.26 bits per heavy atom. The maximum absolute atomic E-state index is 5.81. The van der Waals surface area contributed by atoms with Crippen LogP contribution in [0.4, 0.5) is 5.82 Å². The summed E-state index contributed by atoms with van der Waals surface area (Å²) in [5, 5.41) is 14.0. The molecule has 0 saturated heterocycles. The van der Waals surface area contributed by atoms with E-state index in [1.54, 1.807) is 7.11 Å². The summed E-state index contributed by atoms with van der Waals surface area (Å²) >= 11 is 5.81. The topological polar surface area (TPSA) is 47.0 Å². The van der Waals surface area contributed by atoms with Crippen LogP contribution in [0.3, 0.4) is 0 Å². The first-order valence-electron chi connectivity index (χ1n) is 6.29. The lowest BCUT2D eigenvalue weighted by atomic mass is 10.1. The van der Waals surface area contributed by atoms with Gasteiger partial charge in [-0.15, -0.1) is 16.7 Å². The Morgan fingerprint density at radius 2 is 2.00 bits per heavy atom. The number of methoxy groups -OCH3 is 1. The van der Waals surface area contributed by atoms with Crippen molar-refractivity contribution < 1.29 is 4.74 Å². The second kappa shape index (κ2) is 6.68. The molecule has 19 heavy (non-hydrogen) atoms. The van der Waals surface area contributed by atoms with E-state index in [9.17, 15) is 0 Å². The Hall–Kier alpha value is -1.39. The van der Waals surface area contributed by atoms with Crippen LogP contribution in [0.2, 0.25) is 0 Å². The summed E-state index contributed by atoms with van der Waals surface area (Å²) in [5.74, 6) is 1.37. The van der Waals surface area contributed by atoms with E-state index in [0.29, 0.717) is 12.5 Å². The molecule has 102 valence electrons. The average molecular weight is 280 g/mol. The first-order chi connectivity index (χ1) is 9.26. The lowest BCUT2D eigenvalue weighted by molar-refractivity contribution is 0.184. The van der Waals surface area contributed by atoms with Crippen molar-refractivity contribution in [1.82, 2.24) is 10.2 Å². The van der Waals surface area contributed by atoms with Gasteiger partial charge in [0.15, 0.2) is 5.82 Å². The molecule has 1 aromatic carbocycles. The maximum Gasteiger partial charge on any atom is 0.156 e. The maximum atomic E-state index is 5.81. The Morgan fingerprint density at radius 3 is 2.68 bits per heavy atom. The van der Waals surface area contributed by atoms with Crippen LogP contribution in [0.5, 0.6) is 0 Å². The minimum Gasteiger partial charge on any atom is -0.383 e. The number of hydrogen-bond acceptors (Lipinski definition) is 4. The van der Waals surface area contributed by atoms with Gasteiger partial charge in [0.1, 0.15) is 0 Å². The zero-order valence-electron chi connectivity index (χ0n) is 11.2. The number of nitrogens with one attached hydrogen (secondary N) is 1. The summed E-state index contributed by atoms with van der Waals surface area (Å²) in [6.45, 7) is 2.56. The van der Waals surface area contributed by atoms with Crippen molar-refractivity contribution in [2.75, 3.05) is 24.9 Å². The first kappa shape index (κ1) is 14.0. The average Bonchev–Trinajstić information content (AvgIpc) is 2.43. The standard InChI is InChI=1S/C14H18ClN3O/c1-10-12-5-3-4-6-13(12)14(18-17-10)16-11(7-8-15)9-19-2/h3-6,11H,7-9H2,1-2H3,(H,16,18). The molecule has 0 aliphatic heterocycles. The molecule has 1 heterocycles. The van der Waals surface area contributed by atoms with Crippen LogP contribution in [0.25, 0.3) is 10.8 Å². The van der Waals surface area contributed by atoms with E-state index in [0.717, 1.165) is 28.7 Å². The van der Waals surface area contributed by atoms with Crippen molar-refractivity contribution >= 4 is 28.2 Å². The molecule has 0 aliphatic rings. The van der Waals surface area contributed by atoms with E-state index in [4.69, 9.17) is 16.3 Å². The van der Waals surface area contributed by atoms with Crippen LogP contribution in [0.1, 0.15) is 12.1 Å². The van der Waals surface area contributed by atoms with E-state index in [1.165, 1.54) is 0 Å². The number of alkyl halides is 1. The van der Waals surface area contributed by atoms with Gasteiger partial charge in [0.2, 0.25) is 0 Å². The molecule has 1 N–H and O–H groups in total. The second-order valence-electron chi connectivity index (χ2n) is 4.45. The SMILES string of the molecule is COCC(CCCl)Nc1nnc(C)c2ccccc12. The molecular weight excluding hydrogens is 262 g/mol. The molecule has 1 aromatic heterocycles. The molecule has 1 atom stereocenters. The Balaban J connectivity index is 2.31. The van der Waals surface area contributed by atoms with Crippen LogP contribution in [0.15, 0.2) is 24.3 Å². The van der Waals surface area contributed by atoms with Gasteiger partial charge in [0.05, 0.1) is 18.3 Å². The number of nitrogens with zero attached hydrogens (tertiary/aromatic N) is 2. The molecular formula is C14H18ClN3O. The fraction of sp³-hybridized carbons (Fsp3) is 0.429. The summed E-state index contributed by atoms with van der Waals surface area (Å²) in [7, 11) is 1.68.